The molecule has 0 radical (unpaired) electrons. The highest BCUT2D eigenvalue weighted by atomic mass is 19.1. The van der Waals surface area contributed by atoms with Crippen molar-refractivity contribution in [2.75, 3.05) is 19.8 Å². The molecule has 0 fully saturated rings. The molecule has 1 aromatic carbocycles. The summed E-state index contributed by atoms with van der Waals surface area (Å²) in [5, 5.41) is 9.59. The second-order valence-corrected chi connectivity index (χ2v) is 4.24. The molecule has 0 aliphatic rings. The van der Waals surface area contributed by atoms with Gasteiger partial charge in [0.25, 0.3) is 0 Å². The first-order chi connectivity index (χ1) is 10.0. The topological polar surface area (TPSA) is 65.0 Å². The Kier molecular flexibility index (Phi) is 6.94. The Hall–Kier alpha value is -1.82. The van der Waals surface area contributed by atoms with Crippen LogP contribution in [-0.4, -0.2) is 37.0 Å². The lowest BCUT2D eigenvalue weighted by Crippen LogP contribution is -2.29. The van der Waals surface area contributed by atoms with E-state index in [0.29, 0.717) is 13.2 Å². The van der Waals surface area contributed by atoms with Gasteiger partial charge in [0, 0.05) is 19.1 Å². The van der Waals surface area contributed by atoms with Crippen LogP contribution in [0.25, 0.3) is 0 Å². The van der Waals surface area contributed by atoms with Gasteiger partial charge in [-0.15, -0.1) is 0 Å². The minimum atomic E-state index is -0.886. The quantitative estimate of drug-likeness (QED) is 0.747. The van der Waals surface area contributed by atoms with Crippen molar-refractivity contribution in [3.8, 4) is 11.5 Å². The lowest BCUT2D eigenvalue weighted by Gasteiger charge is -2.17. The van der Waals surface area contributed by atoms with E-state index in [9.17, 15) is 14.3 Å². The average molecular weight is 300 g/mol. The van der Waals surface area contributed by atoms with Gasteiger partial charge in [0.15, 0.2) is 17.6 Å². The molecular weight excluding hydrogens is 279 g/mol. The first-order valence-electron chi connectivity index (χ1n) is 6.95. The number of hydrogen-bond donors (Lipinski definition) is 1. The zero-order valence-corrected chi connectivity index (χ0v) is 12.5. The molecule has 1 unspecified atom stereocenters. The number of carbonyl (C=O) groups is 1. The van der Waals surface area contributed by atoms with Gasteiger partial charge in [0.1, 0.15) is 5.82 Å². The smallest absolute Gasteiger partial charge is 0.335 e. The number of ether oxygens (including phenoxy) is 3. The number of carbonyl (C=O) groups excluding carboxylic acids is 1. The second kappa shape index (κ2) is 8.46. The fraction of sp³-hybridized carbons (Fsp3) is 0.533. The van der Waals surface area contributed by atoms with E-state index >= 15 is 0 Å². The Labute approximate surface area is 123 Å². The van der Waals surface area contributed by atoms with Crippen molar-refractivity contribution in [1.82, 2.24) is 0 Å². The minimum absolute atomic E-state index is 0.0128. The van der Waals surface area contributed by atoms with Crippen molar-refractivity contribution in [2.45, 2.75) is 33.3 Å². The number of phenolic OH excluding ortho intramolecular Hbond substituents is 1. The molecular formula is C15H21FO5. The summed E-state index contributed by atoms with van der Waals surface area (Å²) in [6.45, 7) is 6.06. The highest BCUT2D eigenvalue weighted by molar-refractivity contribution is 5.75. The van der Waals surface area contributed by atoms with Gasteiger partial charge in [0.05, 0.1) is 13.2 Å². The largest absolute Gasteiger partial charge is 0.504 e. The molecule has 1 aromatic rings. The van der Waals surface area contributed by atoms with E-state index in [2.05, 4.69) is 0 Å². The maximum Gasteiger partial charge on any atom is 0.335 e. The number of esters is 1. The zero-order valence-electron chi connectivity index (χ0n) is 12.5. The molecule has 0 amide bonds. The van der Waals surface area contributed by atoms with E-state index in [1.807, 2.05) is 0 Å². The predicted molar refractivity (Wildman–Crippen MR) is 75.0 cm³/mol. The monoisotopic (exact) mass is 300 g/mol. The van der Waals surface area contributed by atoms with Crippen molar-refractivity contribution in [3.63, 3.8) is 0 Å². The molecule has 0 saturated heterocycles. The summed E-state index contributed by atoms with van der Waals surface area (Å²) < 4.78 is 29.3. The van der Waals surface area contributed by atoms with Crippen LogP contribution in [0.4, 0.5) is 4.39 Å². The van der Waals surface area contributed by atoms with Crippen LogP contribution in [0.3, 0.4) is 0 Å². The molecule has 1 atom stereocenters. The normalized spacial score (nSPS) is 12.0. The predicted octanol–water partition coefficient (Wildman–Crippen LogP) is 2.44. The minimum Gasteiger partial charge on any atom is -0.504 e. The number of aromatic hydroxyl groups is 1. The van der Waals surface area contributed by atoms with E-state index in [-0.39, 0.29) is 30.1 Å². The Bertz CT molecular complexity index is 475. The fourth-order valence-corrected chi connectivity index (χ4v) is 1.86. The maximum absolute atomic E-state index is 13.9. The summed E-state index contributed by atoms with van der Waals surface area (Å²) in [6, 6.07) is 2.34. The van der Waals surface area contributed by atoms with Gasteiger partial charge in [-0.2, -0.15) is 0 Å². The lowest BCUT2D eigenvalue weighted by atomic mass is 10.1. The van der Waals surface area contributed by atoms with E-state index in [0.717, 1.165) is 6.07 Å². The third-order valence-electron chi connectivity index (χ3n) is 2.75. The Morgan fingerprint density at radius 3 is 2.52 bits per heavy atom. The first kappa shape index (κ1) is 17.2. The van der Waals surface area contributed by atoms with Crippen LogP contribution in [0.1, 0.15) is 26.3 Å². The number of hydrogen-bond acceptors (Lipinski definition) is 5. The molecule has 0 aromatic heterocycles. The highest BCUT2D eigenvalue weighted by Crippen LogP contribution is 2.30. The van der Waals surface area contributed by atoms with Crippen LogP contribution < -0.4 is 4.74 Å². The summed E-state index contributed by atoms with van der Waals surface area (Å²) in [5.74, 6) is -1.26. The third-order valence-corrected chi connectivity index (χ3v) is 2.75. The average Bonchev–Trinajstić information content (AvgIpc) is 2.43. The second-order valence-electron chi connectivity index (χ2n) is 4.24. The lowest BCUT2D eigenvalue weighted by molar-refractivity contribution is -0.156. The first-order valence-corrected chi connectivity index (χ1v) is 6.95. The summed E-state index contributed by atoms with van der Waals surface area (Å²) in [6.07, 6.45) is -0.873. The van der Waals surface area contributed by atoms with Crippen molar-refractivity contribution in [2.24, 2.45) is 0 Å². The molecule has 0 saturated carbocycles. The van der Waals surface area contributed by atoms with Gasteiger partial charge in [-0.1, -0.05) is 0 Å². The van der Waals surface area contributed by atoms with Gasteiger partial charge in [-0.25, -0.2) is 9.18 Å². The molecule has 0 bridgehead atoms. The number of halogens is 1. The van der Waals surface area contributed by atoms with Crippen molar-refractivity contribution >= 4 is 5.97 Å². The van der Waals surface area contributed by atoms with Crippen LogP contribution in [0.2, 0.25) is 0 Å². The molecule has 0 aliphatic carbocycles. The maximum atomic E-state index is 13.9. The molecule has 0 aliphatic heterocycles. The van der Waals surface area contributed by atoms with Crippen molar-refractivity contribution in [1.29, 1.82) is 0 Å². The van der Waals surface area contributed by atoms with Gasteiger partial charge in [-0.3, -0.25) is 0 Å². The molecule has 5 nitrogen and oxygen atoms in total. The SMILES string of the molecule is CCOC(=O)C(Cc1cc(OCC)c(O)cc1F)OCC. The van der Waals surface area contributed by atoms with Crippen LogP contribution >= 0.6 is 0 Å². The summed E-state index contributed by atoms with van der Waals surface area (Å²) in [5.41, 5.74) is 0.225. The molecule has 118 valence electrons. The molecule has 21 heavy (non-hydrogen) atoms. The van der Waals surface area contributed by atoms with E-state index in [1.54, 1.807) is 20.8 Å². The summed E-state index contributed by atoms with van der Waals surface area (Å²) in [4.78, 5) is 11.8. The van der Waals surface area contributed by atoms with Gasteiger partial charge in [-0.05, 0) is 32.4 Å². The summed E-state index contributed by atoms with van der Waals surface area (Å²) >= 11 is 0. The molecule has 0 spiro atoms. The standard InChI is InChI=1S/C15H21FO5/c1-4-19-13-7-10(11(16)9-12(13)17)8-14(20-5-2)15(18)21-6-3/h7,9,14,17H,4-6,8H2,1-3H3. The summed E-state index contributed by atoms with van der Waals surface area (Å²) in [7, 11) is 0. The van der Waals surface area contributed by atoms with Gasteiger partial charge >= 0.3 is 5.97 Å². The van der Waals surface area contributed by atoms with E-state index in [4.69, 9.17) is 14.2 Å². The molecule has 1 rings (SSSR count). The fourth-order valence-electron chi connectivity index (χ4n) is 1.86. The number of benzene rings is 1. The Balaban J connectivity index is 2.96. The third kappa shape index (κ3) is 4.90. The Morgan fingerprint density at radius 1 is 1.24 bits per heavy atom. The molecule has 6 heteroatoms. The molecule has 0 heterocycles. The van der Waals surface area contributed by atoms with Crippen LogP contribution in [-0.2, 0) is 20.7 Å². The van der Waals surface area contributed by atoms with Crippen LogP contribution in [0.15, 0.2) is 12.1 Å². The number of rotatable bonds is 8. The molecule has 1 N–H and O–H groups in total. The van der Waals surface area contributed by atoms with Gasteiger partial charge in [0.2, 0.25) is 0 Å². The Morgan fingerprint density at radius 2 is 1.95 bits per heavy atom. The van der Waals surface area contributed by atoms with E-state index < -0.39 is 17.9 Å². The van der Waals surface area contributed by atoms with E-state index in [1.165, 1.54) is 6.07 Å². The highest BCUT2D eigenvalue weighted by Gasteiger charge is 2.23. The van der Waals surface area contributed by atoms with Crippen molar-refractivity contribution < 1.29 is 28.5 Å². The number of phenols is 1. The van der Waals surface area contributed by atoms with Gasteiger partial charge < -0.3 is 19.3 Å². The zero-order chi connectivity index (χ0) is 15.8. The van der Waals surface area contributed by atoms with Crippen LogP contribution in [0.5, 0.6) is 11.5 Å². The van der Waals surface area contributed by atoms with Crippen molar-refractivity contribution in [3.05, 3.63) is 23.5 Å². The van der Waals surface area contributed by atoms with Crippen LogP contribution in [0, 0.1) is 5.82 Å².